The van der Waals surface area contributed by atoms with Crippen LogP contribution in [0.2, 0.25) is 10.0 Å². The molecule has 132 valence electrons. The summed E-state index contributed by atoms with van der Waals surface area (Å²) in [6.07, 6.45) is 1.26. The summed E-state index contributed by atoms with van der Waals surface area (Å²) in [6, 6.07) is 11.4. The average molecular weight is 410 g/mol. The van der Waals surface area contributed by atoms with Crippen LogP contribution < -0.4 is 4.72 Å². The summed E-state index contributed by atoms with van der Waals surface area (Å²) in [7, 11) is -4.05. The highest BCUT2D eigenvalue weighted by Gasteiger charge is 2.19. The van der Waals surface area contributed by atoms with E-state index in [9.17, 15) is 12.8 Å². The molecule has 0 radical (unpaired) electrons. The number of nitrogens with one attached hydrogen (secondary N) is 2. The van der Waals surface area contributed by atoms with Gasteiger partial charge in [0.15, 0.2) is 0 Å². The lowest BCUT2D eigenvalue weighted by atomic mass is 10.1. The maximum absolute atomic E-state index is 13.9. The molecule has 2 N–H and O–H groups in total. The van der Waals surface area contributed by atoms with Gasteiger partial charge in [0.05, 0.1) is 17.3 Å². The van der Waals surface area contributed by atoms with E-state index in [2.05, 4.69) is 9.71 Å². The fourth-order valence-electron chi connectivity index (χ4n) is 2.26. The van der Waals surface area contributed by atoms with E-state index in [-0.39, 0.29) is 16.1 Å². The molecule has 2 aromatic carbocycles. The Morgan fingerprint density at radius 2 is 1.88 bits per heavy atom. The lowest BCUT2D eigenvalue weighted by Gasteiger charge is -2.07. The Morgan fingerprint density at radius 1 is 1.12 bits per heavy atom. The summed E-state index contributed by atoms with van der Waals surface area (Å²) >= 11 is 12.1. The minimum absolute atomic E-state index is 0.0879. The first-order valence-electron chi connectivity index (χ1n) is 7.16. The summed E-state index contributed by atoms with van der Waals surface area (Å²) in [5.41, 5.74) is 0.806. The van der Waals surface area contributed by atoms with E-state index in [0.717, 1.165) is 6.07 Å². The van der Waals surface area contributed by atoms with E-state index in [4.69, 9.17) is 28.5 Å². The van der Waals surface area contributed by atoms with Gasteiger partial charge >= 0.3 is 0 Å². The van der Waals surface area contributed by atoms with Gasteiger partial charge in [-0.25, -0.2) is 12.8 Å². The topological polar surface area (TPSA) is 85.8 Å². The molecule has 9 heteroatoms. The molecule has 3 aromatic rings. The number of halogens is 3. The monoisotopic (exact) mass is 409 g/mol. The highest BCUT2D eigenvalue weighted by Crippen LogP contribution is 2.31. The molecule has 0 atom stereocenters. The summed E-state index contributed by atoms with van der Waals surface area (Å²) in [5, 5.41) is 9.58. The van der Waals surface area contributed by atoms with Crippen molar-refractivity contribution in [2.75, 3.05) is 4.72 Å². The Labute approximate surface area is 159 Å². The Hall–Kier alpha value is -2.53. The number of aromatic amines is 1. The fourth-order valence-corrected chi connectivity index (χ4v) is 3.71. The number of sulfonamides is 1. The SMILES string of the molecule is N#Cc1ccc(NS(=O)(=O)c2c[nH]c(-c3cc(Cl)ccc3Cl)c2)c(F)c1. The third-order valence-corrected chi connectivity index (χ3v) is 5.44. The highest BCUT2D eigenvalue weighted by molar-refractivity contribution is 7.92. The third-order valence-electron chi connectivity index (χ3n) is 3.53. The lowest BCUT2D eigenvalue weighted by Crippen LogP contribution is -2.13. The molecule has 5 nitrogen and oxygen atoms in total. The van der Waals surface area contributed by atoms with Crippen molar-refractivity contribution in [2.24, 2.45) is 0 Å². The molecule has 0 aliphatic carbocycles. The largest absolute Gasteiger partial charge is 0.360 e. The van der Waals surface area contributed by atoms with Gasteiger partial charge in [0.25, 0.3) is 10.0 Å². The van der Waals surface area contributed by atoms with E-state index in [1.54, 1.807) is 24.3 Å². The van der Waals surface area contributed by atoms with Crippen LogP contribution in [0.5, 0.6) is 0 Å². The number of nitrogens with zero attached hydrogens (tertiary/aromatic N) is 1. The second-order valence-electron chi connectivity index (χ2n) is 5.29. The minimum atomic E-state index is -4.05. The molecule has 0 saturated carbocycles. The van der Waals surface area contributed by atoms with Crippen molar-refractivity contribution in [2.45, 2.75) is 4.90 Å². The van der Waals surface area contributed by atoms with Crippen LogP contribution in [0.15, 0.2) is 53.6 Å². The first-order chi connectivity index (χ1) is 12.3. The summed E-state index contributed by atoms with van der Waals surface area (Å²) < 4.78 is 41.1. The Morgan fingerprint density at radius 3 is 2.58 bits per heavy atom. The maximum Gasteiger partial charge on any atom is 0.263 e. The van der Waals surface area contributed by atoms with Crippen molar-refractivity contribution in [3.05, 3.63) is 70.1 Å². The molecule has 0 spiro atoms. The number of hydrogen-bond acceptors (Lipinski definition) is 3. The lowest BCUT2D eigenvalue weighted by molar-refractivity contribution is 0.598. The minimum Gasteiger partial charge on any atom is -0.360 e. The van der Waals surface area contributed by atoms with Gasteiger partial charge in [-0.2, -0.15) is 5.26 Å². The van der Waals surface area contributed by atoms with Crippen LogP contribution in [0, 0.1) is 17.1 Å². The van der Waals surface area contributed by atoms with E-state index in [1.807, 2.05) is 0 Å². The molecule has 0 saturated heterocycles. The number of rotatable bonds is 4. The van der Waals surface area contributed by atoms with Gasteiger partial charge in [0, 0.05) is 27.5 Å². The Kier molecular flexibility index (Phi) is 4.92. The van der Waals surface area contributed by atoms with Gasteiger partial charge < -0.3 is 4.98 Å². The third kappa shape index (κ3) is 3.68. The fraction of sp³-hybridized carbons (Fsp3) is 0. The van der Waals surface area contributed by atoms with E-state index >= 15 is 0 Å². The van der Waals surface area contributed by atoms with Crippen LogP contribution >= 0.6 is 23.2 Å². The summed E-state index contributed by atoms with van der Waals surface area (Å²) in [4.78, 5) is 2.71. The highest BCUT2D eigenvalue weighted by atomic mass is 35.5. The predicted molar refractivity (Wildman–Crippen MR) is 98.2 cm³/mol. The van der Waals surface area contributed by atoms with Crippen LogP contribution in [0.1, 0.15) is 5.56 Å². The molecule has 0 aliphatic heterocycles. The smallest absolute Gasteiger partial charge is 0.263 e. The first kappa shape index (κ1) is 18.3. The number of H-pyrrole nitrogens is 1. The van der Waals surface area contributed by atoms with E-state index in [1.165, 1.54) is 24.4 Å². The zero-order valence-corrected chi connectivity index (χ0v) is 15.3. The number of aromatic nitrogens is 1. The molecular weight excluding hydrogens is 400 g/mol. The normalized spacial score (nSPS) is 11.2. The zero-order chi connectivity index (χ0) is 18.9. The van der Waals surface area contributed by atoms with Crippen molar-refractivity contribution in [3.63, 3.8) is 0 Å². The summed E-state index contributed by atoms with van der Waals surface area (Å²) in [6.45, 7) is 0. The van der Waals surface area contributed by atoms with Crippen LogP contribution in [-0.2, 0) is 10.0 Å². The van der Waals surface area contributed by atoms with Crippen LogP contribution in [-0.4, -0.2) is 13.4 Å². The molecule has 0 aliphatic rings. The quantitative estimate of drug-likeness (QED) is 0.648. The van der Waals surface area contributed by atoms with Gasteiger partial charge in [0.1, 0.15) is 10.7 Å². The molecule has 0 amide bonds. The average Bonchev–Trinajstić information content (AvgIpc) is 3.09. The van der Waals surface area contributed by atoms with Crippen LogP contribution in [0.4, 0.5) is 10.1 Å². The number of benzene rings is 2. The van der Waals surface area contributed by atoms with Crippen LogP contribution in [0.3, 0.4) is 0 Å². The molecular formula is C17H10Cl2FN3O2S. The standard InChI is InChI=1S/C17H10Cl2FN3O2S/c18-11-2-3-14(19)13(6-11)17-7-12(9-22-17)26(24,25)23-16-4-1-10(8-21)5-15(16)20/h1-7,9,22-23H. The molecule has 1 heterocycles. The van der Waals surface area contributed by atoms with Gasteiger partial charge in [-0.15, -0.1) is 0 Å². The predicted octanol–water partition coefficient (Wildman–Crippen LogP) is 4.80. The second-order valence-corrected chi connectivity index (χ2v) is 7.81. The molecule has 0 bridgehead atoms. The number of hydrogen-bond donors (Lipinski definition) is 2. The second kappa shape index (κ2) is 7.00. The van der Waals surface area contributed by atoms with Crippen molar-refractivity contribution >= 4 is 38.9 Å². The number of anilines is 1. The van der Waals surface area contributed by atoms with Crippen molar-refractivity contribution in [3.8, 4) is 17.3 Å². The van der Waals surface area contributed by atoms with Crippen molar-refractivity contribution < 1.29 is 12.8 Å². The number of nitriles is 1. The van der Waals surface area contributed by atoms with Gasteiger partial charge in [-0.3, -0.25) is 4.72 Å². The molecule has 0 unspecified atom stereocenters. The first-order valence-corrected chi connectivity index (χ1v) is 9.40. The van der Waals surface area contributed by atoms with Crippen LogP contribution in [0.25, 0.3) is 11.3 Å². The van der Waals surface area contributed by atoms with E-state index < -0.39 is 15.8 Å². The molecule has 0 fully saturated rings. The summed E-state index contributed by atoms with van der Waals surface area (Å²) in [5.74, 6) is -0.846. The Bertz CT molecular complexity index is 1140. The molecule has 3 rings (SSSR count). The Balaban J connectivity index is 1.93. The zero-order valence-electron chi connectivity index (χ0n) is 12.9. The maximum atomic E-state index is 13.9. The van der Waals surface area contributed by atoms with E-state index in [0.29, 0.717) is 21.3 Å². The van der Waals surface area contributed by atoms with Gasteiger partial charge in [-0.05, 0) is 42.5 Å². The van der Waals surface area contributed by atoms with Gasteiger partial charge in [-0.1, -0.05) is 23.2 Å². The molecule has 26 heavy (non-hydrogen) atoms. The van der Waals surface area contributed by atoms with Gasteiger partial charge in [0.2, 0.25) is 0 Å². The van der Waals surface area contributed by atoms with Crippen molar-refractivity contribution in [1.82, 2.24) is 4.98 Å². The molecule has 1 aromatic heterocycles. The van der Waals surface area contributed by atoms with Crippen molar-refractivity contribution in [1.29, 1.82) is 5.26 Å².